The summed E-state index contributed by atoms with van der Waals surface area (Å²) in [5, 5.41) is 7.36. The van der Waals surface area contributed by atoms with Gasteiger partial charge in [-0.2, -0.15) is 9.78 Å². The first-order valence-electron chi connectivity index (χ1n) is 7.71. The number of benzene rings is 2. The van der Waals surface area contributed by atoms with Gasteiger partial charge >= 0.3 is 0 Å². The zero-order valence-electron chi connectivity index (χ0n) is 13.6. The molecular formula is C18H12Cl3F2N3O. The van der Waals surface area contributed by atoms with Crippen LogP contribution in [0.5, 0.6) is 0 Å². The van der Waals surface area contributed by atoms with E-state index in [4.69, 9.17) is 34.8 Å². The van der Waals surface area contributed by atoms with E-state index in [2.05, 4.69) is 10.4 Å². The van der Waals surface area contributed by atoms with E-state index in [1.807, 2.05) is 0 Å². The third-order valence-electron chi connectivity index (χ3n) is 3.79. The van der Waals surface area contributed by atoms with Crippen LogP contribution in [-0.4, -0.2) is 9.78 Å². The molecule has 1 N–H and O–H groups in total. The van der Waals surface area contributed by atoms with Crippen LogP contribution in [0, 0.1) is 0 Å². The molecule has 140 valence electrons. The molecule has 3 aromatic rings. The third kappa shape index (κ3) is 4.40. The normalized spacial score (nSPS) is 11.0. The molecule has 9 heteroatoms. The number of halogens is 5. The fraction of sp³-hybridized carbons (Fsp3) is 0.111. The van der Waals surface area contributed by atoms with Gasteiger partial charge in [-0.15, -0.1) is 0 Å². The quantitative estimate of drug-likeness (QED) is 0.561. The Morgan fingerprint density at radius 2 is 1.74 bits per heavy atom. The summed E-state index contributed by atoms with van der Waals surface area (Å²) in [5.74, 6) is 0. The Kier molecular flexibility index (Phi) is 5.99. The van der Waals surface area contributed by atoms with Crippen molar-refractivity contribution in [3.8, 4) is 5.69 Å². The first kappa shape index (κ1) is 19.6. The highest BCUT2D eigenvalue weighted by Gasteiger charge is 2.11. The summed E-state index contributed by atoms with van der Waals surface area (Å²) in [7, 11) is 0. The van der Waals surface area contributed by atoms with Gasteiger partial charge < -0.3 is 5.32 Å². The Labute approximate surface area is 168 Å². The number of aromatic nitrogens is 2. The highest BCUT2D eigenvalue weighted by molar-refractivity contribution is 6.41. The molecular weight excluding hydrogens is 419 g/mol. The van der Waals surface area contributed by atoms with Gasteiger partial charge in [0.2, 0.25) is 0 Å². The Balaban J connectivity index is 1.77. The topological polar surface area (TPSA) is 46.9 Å². The molecule has 27 heavy (non-hydrogen) atoms. The molecule has 0 amide bonds. The van der Waals surface area contributed by atoms with Crippen molar-refractivity contribution < 1.29 is 8.78 Å². The van der Waals surface area contributed by atoms with Crippen molar-refractivity contribution in [3.05, 3.63) is 85.2 Å². The molecule has 0 saturated carbocycles. The summed E-state index contributed by atoms with van der Waals surface area (Å²) in [4.78, 5) is 12.1. The largest absolute Gasteiger partial charge is 0.380 e. The molecule has 0 unspecified atom stereocenters. The van der Waals surface area contributed by atoms with Gasteiger partial charge in [-0.3, -0.25) is 4.79 Å². The predicted molar refractivity (Wildman–Crippen MR) is 104 cm³/mol. The smallest absolute Gasteiger partial charge is 0.291 e. The van der Waals surface area contributed by atoms with E-state index in [1.54, 1.807) is 30.3 Å². The van der Waals surface area contributed by atoms with Crippen LogP contribution < -0.4 is 10.9 Å². The monoisotopic (exact) mass is 429 g/mol. The number of hydrogen-bond acceptors (Lipinski definition) is 3. The van der Waals surface area contributed by atoms with E-state index < -0.39 is 12.0 Å². The van der Waals surface area contributed by atoms with Crippen molar-refractivity contribution in [2.75, 3.05) is 5.32 Å². The SMILES string of the molecule is O=c1c(Cl)c(Cl)cnn1-c1ccc(NCc2ccc(C(F)F)cc2)c(Cl)c1. The molecule has 1 heterocycles. The van der Waals surface area contributed by atoms with Crippen LogP contribution in [0.15, 0.2) is 53.5 Å². The minimum atomic E-state index is -2.49. The average molecular weight is 431 g/mol. The first-order chi connectivity index (χ1) is 12.9. The number of hydrogen-bond donors (Lipinski definition) is 1. The zero-order valence-corrected chi connectivity index (χ0v) is 15.9. The van der Waals surface area contributed by atoms with Gasteiger partial charge in [0.1, 0.15) is 5.02 Å². The van der Waals surface area contributed by atoms with E-state index in [9.17, 15) is 13.6 Å². The van der Waals surface area contributed by atoms with Crippen LogP contribution in [0.4, 0.5) is 14.5 Å². The number of rotatable bonds is 5. The minimum Gasteiger partial charge on any atom is -0.380 e. The van der Waals surface area contributed by atoms with Gasteiger partial charge in [0.25, 0.3) is 12.0 Å². The summed E-state index contributed by atoms with van der Waals surface area (Å²) in [6.45, 7) is 0.396. The molecule has 0 aliphatic carbocycles. The molecule has 3 rings (SSSR count). The van der Waals surface area contributed by atoms with Crippen molar-refractivity contribution in [1.29, 1.82) is 0 Å². The van der Waals surface area contributed by atoms with E-state index in [0.29, 0.717) is 22.9 Å². The van der Waals surface area contributed by atoms with Crippen LogP contribution in [-0.2, 0) is 6.54 Å². The Hall–Kier alpha value is -2.15. The third-order valence-corrected chi connectivity index (χ3v) is 4.85. The Morgan fingerprint density at radius 3 is 2.37 bits per heavy atom. The Morgan fingerprint density at radius 1 is 1.04 bits per heavy atom. The molecule has 0 radical (unpaired) electrons. The summed E-state index contributed by atoms with van der Waals surface area (Å²) in [5.41, 5.74) is 1.28. The second-order valence-corrected chi connectivity index (χ2v) is 6.78. The zero-order chi connectivity index (χ0) is 19.6. The van der Waals surface area contributed by atoms with Gasteiger partial charge in [0.05, 0.1) is 27.6 Å². The van der Waals surface area contributed by atoms with E-state index in [0.717, 1.165) is 10.2 Å². The second kappa shape index (κ2) is 8.25. The van der Waals surface area contributed by atoms with E-state index in [-0.39, 0.29) is 15.6 Å². The molecule has 4 nitrogen and oxygen atoms in total. The van der Waals surface area contributed by atoms with Crippen molar-refractivity contribution in [2.24, 2.45) is 0 Å². The predicted octanol–water partition coefficient (Wildman–Crippen LogP) is 5.74. The summed E-state index contributed by atoms with van der Waals surface area (Å²) < 4.78 is 26.2. The standard InChI is InChI=1S/C18H12Cl3F2N3O/c19-13-7-12(26-18(27)16(21)14(20)9-25-26)5-6-15(13)24-8-10-1-3-11(4-2-10)17(22)23/h1-7,9,17,24H,8H2. The fourth-order valence-corrected chi connectivity index (χ4v) is 2.85. The first-order valence-corrected chi connectivity index (χ1v) is 8.84. The second-order valence-electron chi connectivity index (χ2n) is 5.58. The van der Waals surface area contributed by atoms with Crippen molar-refractivity contribution in [2.45, 2.75) is 13.0 Å². The van der Waals surface area contributed by atoms with Crippen LogP contribution in [0.25, 0.3) is 5.69 Å². The van der Waals surface area contributed by atoms with Crippen LogP contribution >= 0.6 is 34.8 Å². The maximum Gasteiger partial charge on any atom is 0.291 e. The van der Waals surface area contributed by atoms with Gasteiger partial charge in [-0.25, -0.2) is 8.78 Å². The number of nitrogens with zero attached hydrogens (tertiary/aromatic N) is 2. The summed E-state index contributed by atoms with van der Waals surface area (Å²) in [6.07, 6.45) is -1.22. The molecule has 2 aromatic carbocycles. The van der Waals surface area contributed by atoms with Gasteiger partial charge in [0.15, 0.2) is 0 Å². The molecule has 1 aromatic heterocycles. The molecule has 0 aliphatic rings. The molecule has 0 aliphatic heterocycles. The molecule has 0 fully saturated rings. The Bertz CT molecular complexity index is 1020. The minimum absolute atomic E-state index is 0.0271. The molecule has 0 bridgehead atoms. The summed E-state index contributed by atoms with van der Waals surface area (Å²) in [6, 6.07) is 10.9. The van der Waals surface area contributed by atoms with Crippen molar-refractivity contribution >= 4 is 40.5 Å². The van der Waals surface area contributed by atoms with E-state index in [1.165, 1.54) is 18.3 Å². The lowest BCUT2D eigenvalue weighted by Crippen LogP contribution is -2.21. The summed E-state index contributed by atoms with van der Waals surface area (Å²) >= 11 is 17.9. The average Bonchev–Trinajstić information content (AvgIpc) is 2.65. The number of alkyl halides is 2. The molecule has 0 atom stereocenters. The maximum absolute atomic E-state index is 12.6. The fourth-order valence-electron chi connectivity index (χ4n) is 2.35. The van der Waals surface area contributed by atoms with E-state index >= 15 is 0 Å². The number of nitrogens with one attached hydrogen (secondary N) is 1. The van der Waals surface area contributed by atoms with Crippen LogP contribution in [0.3, 0.4) is 0 Å². The number of anilines is 1. The van der Waals surface area contributed by atoms with Crippen LogP contribution in [0.1, 0.15) is 17.6 Å². The van der Waals surface area contributed by atoms with Crippen LogP contribution in [0.2, 0.25) is 15.1 Å². The lowest BCUT2D eigenvalue weighted by atomic mass is 10.1. The van der Waals surface area contributed by atoms with Gasteiger partial charge in [-0.05, 0) is 23.8 Å². The maximum atomic E-state index is 12.6. The highest BCUT2D eigenvalue weighted by Crippen LogP contribution is 2.26. The highest BCUT2D eigenvalue weighted by atomic mass is 35.5. The lowest BCUT2D eigenvalue weighted by molar-refractivity contribution is 0.151. The molecule has 0 spiro atoms. The lowest BCUT2D eigenvalue weighted by Gasteiger charge is -2.11. The van der Waals surface area contributed by atoms with Crippen molar-refractivity contribution in [1.82, 2.24) is 9.78 Å². The van der Waals surface area contributed by atoms with Gasteiger partial charge in [-0.1, -0.05) is 59.1 Å². The van der Waals surface area contributed by atoms with Crippen molar-refractivity contribution in [3.63, 3.8) is 0 Å². The molecule has 0 saturated heterocycles. The van der Waals surface area contributed by atoms with Gasteiger partial charge in [0, 0.05) is 12.1 Å².